The molecule has 3 fully saturated rings. The fourth-order valence-corrected chi connectivity index (χ4v) is 5.43. The van der Waals surface area contributed by atoms with E-state index in [4.69, 9.17) is 0 Å². The Labute approximate surface area is 167 Å². The molecule has 152 valence electrons. The van der Waals surface area contributed by atoms with E-state index in [9.17, 15) is 9.59 Å². The molecule has 0 radical (unpaired) electrons. The van der Waals surface area contributed by atoms with Gasteiger partial charge in [-0.15, -0.1) is 0 Å². The van der Waals surface area contributed by atoms with Gasteiger partial charge in [0.1, 0.15) is 5.82 Å². The Bertz CT molecular complexity index is 708. The van der Waals surface area contributed by atoms with Crippen molar-refractivity contribution in [3.63, 3.8) is 0 Å². The molecule has 4 heterocycles. The van der Waals surface area contributed by atoms with E-state index in [1.807, 2.05) is 18.3 Å². The highest BCUT2D eigenvalue weighted by Crippen LogP contribution is 2.42. The molecule has 0 saturated carbocycles. The van der Waals surface area contributed by atoms with Gasteiger partial charge in [0.05, 0.1) is 6.04 Å². The van der Waals surface area contributed by atoms with Crippen molar-refractivity contribution in [1.29, 1.82) is 0 Å². The smallest absolute Gasteiger partial charge is 0.223 e. The maximum absolute atomic E-state index is 12.8. The van der Waals surface area contributed by atoms with Crippen LogP contribution in [-0.4, -0.2) is 53.4 Å². The van der Waals surface area contributed by atoms with E-state index in [1.165, 1.54) is 0 Å². The third-order valence-corrected chi connectivity index (χ3v) is 6.57. The van der Waals surface area contributed by atoms with Gasteiger partial charge < -0.3 is 15.1 Å². The summed E-state index contributed by atoms with van der Waals surface area (Å²) in [6.45, 7) is 6.55. The minimum absolute atomic E-state index is 0.0931. The Balaban J connectivity index is 1.54. The summed E-state index contributed by atoms with van der Waals surface area (Å²) in [5.74, 6) is 2.60. The van der Waals surface area contributed by atoms with Crippen molar-refractivity contribution in [2.45, 2.75) is 58.0 Å². The SMILES string of the molecule is CC(C)CC(=O)NC[C@H]1[C@H]2C[C@H](CN(c3ccccn3)C2)[C@@H]2CCCC(=O)N21. The summed E-state index contributed by atoms with van der Waals surface area (Å²) in [6.07, 6.45) is 6.24. The van der Waals surface area contributed by atoms with E-state index in [0.717, 1.165) is 38.2 Å². The fourth-order valence-electron chi connectivity index (χ4n) is 5.43. The number of nitrogens with one attached hydrogen (secondary N) is 1. The second kappa shape index (κ2) is 8.10. The lowest BCUT2D eigenvalue weighted by molar-refractivity contribution is -0.149. The normalized spacial score (nSPS) is 29.6. The number of rotatable bonds is 5. The Hall–Kier alpha value is -2.11. The fraction of sp³-hybridized carbons (Fsp3) is 0.682. The first-order valence-electron chi connectivity index (χ1n) is 10.8. The van der Waals surface area contributed by atoms with Gasteiger partial charge in [0.15, 0.2) is 0 Å². The number of nitrogens with zero attached hydrogens (tertiary/aromatic N) is 3. The zero-order valence-electron chi connectivity index (χ0n) is 17.0. The van der Waals surface area contributed by atoms with Crippen molar-refractivity contribution >= 4 is 17.6 Å². The van der Waals surface area contributed by atoms with E-state index in [-0.39, 0.29) is 17.9 Å². The van der Waals surface area contributed by atoms with Crippen LogP contribution in [0.3, 0.4) is 0 Å². The van der Waals surface area contributed by atoms with Crippen molar-refractivity contribution in [2.24, 2.45) is 17.8 Å². The summed E-state index contributed by atoms with van der Waals surface area (Å²) in [4.78, 5) is 34.2. The number of piperidine rings is 3. The van der Waals surface area contributed by atoms with E-state index >= 15 is 0 Å². The zero-order valence-corrected chi connectivity index (χ0v) is 17.0. The number of amides is 2. The number of anilines is 1. The summed E-state index contributed by atoms with van der Waals surface area (Å²) in [7, 11) is 0. The lowest BCUT2D eigenvalue weighted by atomic mass is 9.72. The molecule has 1 aromatic rings. The monoisotopic (exact) mass is 384 g/mol. The maximum atomic E-state index is 12.8. The van der Waals surface area contributed by atoms with Crippen molar-refractivity contribution < 1.29 is 9.59 Å². The van der Waals surface area contributed by atoms with Crippen LogP contribution in [0.1, 0.15) is 46.0 Å². The maximum Gasteiger partial charge on any atom is 0.223 e. The molecule has 6 heteroatoms. The molecule has 28 heavy (non-hydrogen) atoms. The number of carbonyl (C=O) groups is 2. The van der Waals surface area contributed by atoms with Crippen molar-refractivity contribution in [2.75, 3.05) is 24.5 Å². The van der Waals surface area contributed by atoms with Crippen LogP contribution in [0.4, 0.5) is 5.82 Å². The number of aromatic nitrogens is 1. The topological polar surface area (TPSA) is 65.5 Å². The number of fused-ring (bicyclic) bond motifs is 4. The van der Waals surface area contributed by atoms with Crippen molar-refractivity contribution in [3.05, 3.63) is 24.4 Å². The average molecular weight is 385 g/mol. The number of hydrogen-bond acceptors (Lipinski definition) is 4. The third kappa shape index (κ3) is 3.87. The molecule has 1 N–H and O–H groups in total. The molecule has 6 nitrogen and oxygen atoms in total. The van der Waals surface area contributed by atoms with E-state index in [2.05, 4.69) is 40.0 Å². The van der Waals surface area contributed by atoms with E-state index in [0.29, 0.717) is 43.2 Å². The molecule has 3 aliphatic heterocycles. The number of hydrogen-bond donors (Lipinski definition) is 1. The molecule has 1 aromatic heterocycles. The van der Waals surface area contributed by atoms with Crippen LogP contribution in [0, 0.1) is 17.8 Å². The molecule has 4 rings (SSSR count). The Morgan fingerprint density at radius 1 is 1.29 bits per heavy atom. The molecular formula is C22H32N4O2. The number of carbonyl (C=O) groups excluding carboxylic acids is 2. The Morgan fingerprint density at radius 3 is 2.86 bits per heavy atom. The van der Waals surface area contributed by atoms with E-state index in [1.54, 1.807) is 0 Å². The molecule has 0 spiro atoms. The van der Waals surface area contributed by atoms with Crippen LogP contribution in [0.5, 0.6) is 0 Å². The van der Waals surface area contributed by atoms with E-state index < -0.39 is 0 Å². The highest BCUT2D eigenvalue weighted by Gasteiger charge is 2.49. The molecule has 3 saturated heterocycles. The van der Waals surface area contributed by atoms with Gasteiger partial charge in [-0.25, -0.2) is 4.98 Å². The summed E-state index contributed by atoms with van der Waals surface area (Å²) in [6, 6.07) is 6.45. The summed E-state index contributed by atoms with van der Waals surface area (Å²) in [5.41, 5.74) is 0. The first-order chi connectivity index (χ1) is 13.5. The molecule has 2 bridgehead atoms. The van der Waals surface area contributed by atoms with Gasteiger partial charge in [0, 0.05) is 44.7 Å². The molecule has 0 aromatic carbocycles. The first-order valence-corrected chi connectivity index (χ1v) is 10.8. The number of pyridine rings is 1. The van der Waals surface area contributed by atoms with Crippen molar-refractivity contribution in [1.82, 2.24) is 15.2 Å². The van der Waals surface area contributed by atoms with Gasteiger partial charge in [0.2, 0.25) is 11.8 Å². The van der Waals surface area contributed by atoms with Crippen LogP contribution >= 0.6 is 0 Å². The predicted molar refractivity (Wildman–Crippen MR) is 109 cm³/mol. The summed E-state index contributed by atoms with van der Waals surface area (Å²) in [5, 5.41) is 3.13. The minimum atomic E-state index is 0.0931. The molecule has 0 aliphatic carbocycles. The molecular weight excluding hydrogens is 352 g/mol. The van der Waals surface area contributed by atoms with Gasteiger partial charge in [0.25, 0.3) is 0 Å². The third-order valence-electron chi connectivity index (χ3n) is 6.57. The average Bonchev–Trinajstić information content (AvgIpc) is 2.68. The predicted octanol–water partition coefficient (Wildman–Crippen LogP) is 2.45. The second-order valence-electron chi connectivity index (χ2n) is 9.08. The standard InChI is InChI=1S/C22H32N4O2/c1-15(2)10-21(27)24-12-19-17-11-16(18-6-5-8-22(28)26(18)19)13-25(14-17)20-7-3-4-9-23-20/h3-4,7,9,15-19H,5-6,8,10-14H2,1-2H3,(H,24,27)/t16-,17+,18+,19+/m1/s1. The Kier molecular flexibility index (Phi) is 5.56. The largest absolute Gasteiger partial charge is 0.356 e. The van der Waals surface area contributed by atoms with Gasteiger partial charge in [-0.05, 0) is 49.1 Å². The van der Waals surface area contributed by atoms with Crippen LogP contribution < -0.4 is 10.2 Å². The van der Waals surface area contributed by atoms with Gasteiger partial charge in [-0.3, -0.25) is 9.59 Å². The van der Waals surface area contributed by atoms with Gasteiger partial charge in [-0.1, -0.05) is 19.9 Å². The zero-order chi connectivity index (χ0) is 19.7. The Morgan fingerprint density at radius 2 is 2.11 bits per heavy atom. The lowest BCUT2D eigenvalue weighted by Gasteiger charge is -2.56. The van der Waals surface area contributed by atoms with Crippen LogP contribution in [0.2, 0.25) is 0 Å². The second-order valence-corrected chi connectivity index (χ2v) is 9.08. The molecule has 3 aliphatic rings. The first kappa shape index (κ1) is 19.2. The highest BCUT2D eigenvalue weighted by atomic mass is 16.2. The summed E-state index contributed by atoms with van der Waals surface area (Å²) < 4.78 is 0. The molecule has 2 amide bonds. The minimum Gasteiger partial charge on any atom is -0.356 e. The van der Waals surface area contributed by atoms with Gasteiger partial charge in [-0.2, -0.15) is 0 Å². The van der Waals surface area contributed by atoms with Crippen LogP contribution in [0.15, 0.2) is 24.4 Å². The van der Waals surface area contributed by atoms with Crippen molar-refractivity contribution in [3.8, 4) is 0 Å². The quantitative estimate of drug-likeness (QED) is 0.847. The molecule has 4 atom stereocenters. The molecule has 0 unspecified atom stereocenters. The highest BCUT2D eigenvalue weighted by molar-refractivity contribution is 5.79. The lowest BCUT2D eigenvalue weighted by Crippen LogP contribution is -2.67. The van der Waals surface area contributed by atoms with Crippen LogP contribution in [0.25, 0.3) is 0 Å². The van der Waals surface area contributed by atoms with Gasteiger partial charge >= 0.3 is 0 Å². The summed E-state index contributed by atoms with van der Waals surface area (Å²) >= 11 is 0. The van der Waals surface area contributed by atoms with Crippen LogP contribution in [-0.2, 0) is 9.59 Å².